The van der Waals surface area contributed by atoms with Crippen LogP contribution in [0.25, 0.3) is 0 Å². The molecule has 17 heavy (non-hydrogen) atoms. The highest BCUT2D eigenvalue weighted by Crippen LogP contribution is 2.15. The van der Waals surface area contributed by atoms with Gasteiger partial charge in [-0.2, -0.15) is 13.2 Å². The standard InChI is InChI=1S/C10H16F3NO3/c1-7-4-17-8(2)3-14(7)9(15)5-16-6-10(11,12)13/h7-8H,3-6H2,1-2H3/t7-,8+/m0/s1. The molecule has 0 saturated carbocycles. The van der Waals surface area contributed by atoms with Gasteiger partial charge in [-0.3, -0.25) is 4.79 Å². The number of carbonyl (C=O) groups excluding carboxylic acids is 1. The first-order valence-electron chi connectivity index (χ1n) is 5.35. The summed E-state index contributed by atoms with van der Waals surface area (Å²) in [4.78, 5) is 13.1. The second-order valence-corrected chi connectivity index (χ2v) is 4.15. The summed E-state index contributed by atoms with van der Waals surface area (Å²) >= 11 is 0. The Morgan fingerprint density at radius 2 is 2.12 bits per heavy atom. The van der Waals surface area contributed by atoms with Gasteiger partial charge in [0.25, 0.3) is 0 Å². The lowest BCUT2D eigenvalue weighted by Gasteiger charge is -2.36. The van der Waals surface area contributed by atoms with Gasteiger partial charge < -0.3 is 14.4 Å². The molecule has 1 heterocycles. The molecule has 2 atom stereocenters. The van der Waals surface area contributed by atoms with Crippen molar-refractivity contribution >= 4 is 5.91 Å². The Kier molecular flexibility index (Phi) is 4.76. The van der Waals surface area contributed by atoms with Crippen LogP contribution in [0.2, 0.25) is 0 Å². The zero-order valence-corrected chi connectivity index (χ0v) is 9.79. The van der Waals surface area contributed by atoms with Crippen LogP contribution in [-0.4, -0.2) is 55.5 Å². The number of ether oxygens (including phenoxy) is 2. The van der Waals surface area contributed by atoms with Gasteiger partial charge in [-0.15, -0.1) is 0 Å². The van der Waals surface area contributed by atoms with Gasteiger partial charge in [0, 0.05) is 6.54 Å². The molecule has 0 unspecified atom stereocenters. The van der Waals surface area contributed by atoms with Crippen LogP contribution in [0.15, 0.2) is 0 Å². The highest BCUT2D eigenvalue weighted by Gasteiger charge is 2.30. The summed E-state index contributed by atoms with van der Waals surface area (Å²) in [6, 6.07) is -0.131. The van der Waals surface area contributed by atoms with Crippen molar-refractivity contribution in [2.75, 3.05) is 26.4 Å². The maximum Gasteiger partial charge on any atom is 0.411 e. The molecule has 1 amide bonds. The summed E-state index contributed by atoms with van der Waals surface area (Å²) in [6.45, 7) is 2.43. The molecular weight excluding hydrogens is 239 g/mol. The fourth-order valence-corrected chi connectivity index (χ4v) is 1.59. The summed E-state index contributed by atoms with van der Waals surface area (Å²) in [5.74, 6) is -0.433. The Morgan fingerprint density at radius 1 is 1.47 bits per heavy atom. The van der Waals surface area contributed by atoms with Crippen LogP contribution in [0.1, 0.15) is 13.8 Å². The first-order valence-corrected chi connectivity index (χ1v) is 5.35. The number of halogens is 3. The van der Waals surface area contributed by atoms with Crippen molar-refractivity contribution in [3.05, 3.63) is 0 Å². The van der Waals surface area contributed by atoms with Gasteiger partial charge in [0.05, 0.1) is 18.8 Å². The third-order valence-corrected chi connectivity index (χ3v) is 2.42. The molecular formula is C10H16F3NO3. The molecule has 0 aromatic carbocycles. The Hall–Kier alpha value is -0.820. The third-order valence-electron chi connectivity index (χ3n) is 2.42. The third kappa shape index (κ3) is 4.91. The van der Waals surface area contributed by atoms with E-state index in [1.54, 1.807) is 6.92 Å². The van der Waals surface area contributed by atoms with E-state index in [0.717, 1.165) is 0 Å². The summed E-state index contributed by atoms with van der Waals surface area (Å²) < 4.78 is 45.1. The number of rotatable bonds is 3. The van der Waals surface area contributed by atoms with Crippen LogP contribution >= 0.6 is 0 Å². The maximum absolute atomic E-state index is 11.8. The van der Waals surface area contributed by atoms with Gasteiger partial charge in [-0.05, 0) is 13.8 Å². The largest absolute Gasteiger partial charge is 0.411 e. The van der Waals surface area contributed by atoms with E-state index in [-0.39, 0.29) is 12.1 Å². The molecule has 1 rings (SSSR count). The van der Waals surface area contributed by atoms with E-state index < -0.39 is 25.3 Å². The molecule has 0 spiro atoms. The highest BCUT2D eigenvalue weighted by molar-refractivity contribution is 5.77. The van der Waals surface area contributed by atoms with E-state index in [4.69, 9.17) is 4.74 Å². The normalized spacial score (nSPS) is 26.1. The predicted molar refractivity (Wildman–Crippen MR) is 53.5 cm³/mol. The molecule has 1 fully saturated rings. The number of carbonyl (C=O) groups is 1. The van der Waals surface area contributed by atoms with Crippen LogP contribution in [0.3, 0.4) is 0 Å². The number of morpholine rings is 1. The van der Waals surface area contributed by atoms with Crippen LogP contribution in [0, 0.1) is 0 Å². The molecule has 0 bridgehead atoms. The fraction of sp³-hybridized carbons (Fsp3) is 0.900. The van der Waals surface area contributed by atoms with Gasteiger partial charge in [0.15, 0.2) is 0 Å². The van der Waals surface area contributed by atoms with Crippen molar-refractivity contribution in [1.29, 1.82) is 0 Å². The zero-order valence-electron chi connectivity index (χ0n) is 9.79. The molecule has 4 nitrogen and oxygen atoms in total. The number of nitrogens with zero attached hydrogens (tertiary/aromatic N) is 1. The van der Waals surface area contributed by atoms with Gasteiger partial charge in [0.2, 0.25) is 5.91 Å². The lowest BCUT2D eigenvalue weighted by Crippen LogP contribution is -2.51. The van der Waals surface area contributed by atoms with E-state index in [0.29, 0.717) is 13.2 Å². The molecule has 0 aromatic heterocycles. The lowest BCUT2D eigenvalue weighted by atomic mass is 10.2. The Bertz CT molecular complexity index is 270. The Morgan fingerprint density at radius 3 is 2.71 bits per heavy atom. The topological polar surface area (TPSA) is 38.8 Å². The monoisotopic (exact) mass is 255 g/mol. The van der Waals surface area contributed by atoms with Crippen molar-refractivity contribution in [3.8, 4) is 0 Å². The highest BCUT2D eigenvalue weighted by atomic mass is 19.4. The van der Waals surface area contributed by atoms with Crippen molar-refractivity contribution in [1.82, 2.24) is 4.90 Å². The molecule has 0 radical (unpaired) electrons. The van der Waals surface area contributed by atoms with E-state index in [9.17, 15) is 18.0 Å². The number of hydrogen-bond acceptors (Lipinski definition) is 3. The first kappa shape index (κ1) is 14.2. The van der Waals surface area contributed by atoms with Gasteiger partial charge in [0.1, 0.15) is 13.2 Å². The summed E-state index contributed by atoms with van der Waals surface area (Å²) in [7, 11) is 0. The zero-order chi connectivity index (χ0) is 13.1. The van der Waals surface area contributed by atoms with Crippen molar-refractivity contribution < 1.29 is 27.4 Å². The van der Waals surface area contributed by atoms with E-state index in [1.807, 2.05) is 6.92 Å². The van der Waals surface area contributed by atoms with E-state index in [1.165, 1.54) is 4.90 Å². The van der Waals surface area contributed by atoms with E-state index in [2.05, 4.69) is 4.74 Å². The quantitative estimate of drug-likeness (QED) is 0.760. The van der Waals surface area contributed by atoms with E-state index >= 15 is 0 Å². The smallest absolute Gasteiger partial charge is 0.375 e. The number of alkyl halides is 3. The molecule has 0 N–H and O–H groups in total. The Balaban J connectivity index is 2.36. The van der Waals surface area contributed by atoms with Crippen LogP contribution in [-0.2, 0) is 14.3 Å². The molecule has 1 aliphatic heterocycles. The van der Waals surface area contributed by atoms with Crippen molar-refractivity contribution in [3.63, 3.8) is 0 Å². The predicted octanol–water partition coefficient (Wildman–Crippen LogP) is 1.20. The van der Waals surface area contributed by atoms with Crippen molar-refractivity contribution in [2.24, 2.45) is 0 Å². The van der Waals surface area contributed by atoms with Crippen LogP contribution < -0.4 is 0 Å². The SMILES string of the molecule is C[C@@H]1CN(C(=O)COCC(F)(F)F)[C@@H](C)CO1. The molecule has 0 aromatic rings. The summed E-state index contributed by atoms with van der Waals surface area (Å²) in [5, 5.41) is 0. The number of amides is 1. The fourth-order valence-electron chi connectivity index (χ4n) is 1.59. The van der Waals surface area contributed by atoms with Gasteiger partial charge in [-0.1, -0.05) is 0 Å². The number of hydrogen-bond donors (Lipinski definition) is 0. The average Bonchev–Trinajstić information content (AvgIpc) is 2.19. The van der Waals surface area contributed by atoms with Crippen LogP contribution in [0.4, 0.5) is 13.2 Å². The molecule has 0 aliphatic carbocycles. The Labute approximate surface area is 97.7 Å². The minimum Gasteiger partial charge on any atom is -0.375 e. The second-order valence-electron chi connectivity index (χ2n) is 4.15. The minimum absolute atomic E-state index is 0.0993. The maximum atomic E-state index is 11.8. The van der Waals surface area contributed by atoms with Crippen LogP contribution in [0.5, 0.6) is 0 Å². The second kappa shape index (κ2) is 5.68. The molecule has 7 heteroatoms. The lowest BCUT2D eigenvalue weighted by molar-refractivity contribution is -0.180. The molecule has 1 aliphatic rings. The minimum atomic E-state index is -4.40. The average molecular weight is 255 g/mol. The van der Waals surface area contributed by atoms with Crippen molar-refractivity contribution in [2.45, 2.75) is 32.2 Å². The summed E-state index contributed by atoms with van der Waals surface area (Å²) in [6.07, 6.45) is -4.50. The molecule has 100 valence electrons. The summed E-state index contributed by atoms with van der Waals surface area (Å²) in [5.41, 5.74) is 0. The first-order chi connectivity index (χ1) is 7.79. The molecule has 1 saturated heterocycles. The van der Waals surface area contributed by atoms with Gasteiger partial charge in [-0.25, -0.2) is 0 Å². The van der Waals surface area contributed by atoms with Gasteiger partial charge >= 0.3 is 6.18 Å².